The Labute approximate surface area is 73.4 Å². The Kier molecular flexibility index (Phi) is 3.13. The average molecular weight is 197 g/mol. The highest BCUT2D eigenvalue weighted by atomic mass is 19.3. The van der Waals surface area contributed by atoms with Crippen LogP contribution in [-0.2, 0) is 9.74 Å². The minimum Gasteiger partial charge on any atom is -0.246 e. The topological polar surface area (TPSA) is 29.5 Å². The number of carbonyl (C=O) groups is 1. The highest BCUT2D eigenvalue weighted by Crippen LogP contribution is 2.25. The number of halogens is 3. The Morgan fingerprint density at radius 3 is 2.23 bits per heavy atom. The van der Waals surface area contributed by atoms with Gasteiger partial charge in [0, 0.05) is 17.6 Å². The van der Waals surface area contributed by atoms with Crippen LogP contribution >= 0.6 is 0 Å². The largest absolute Gasteiger partial charge is 0.434 e. The number of hydrogen-bond acceptors (Lipinski definition) is 3. The van der Waals surface area contributed by atoms with Crippen LogP contribution in [0.3, 0.4) is 0 Å². The molecule has 3 nitrogen and oxygen atoms in total. The zero-order chi connectivity index (χ0) is 9.90. The van der Waals surface area contributed by atoms with Crippen molar-refractivity contribution < 1.29 is 23.0 Å². The van der Waals surface area contributed by atoms with Gasteiger partial charge in [0.25, 0.3) is 0 Å². The number of hydrogen-bond donors (Lipinski definition) is 0. The molecule has 0 aromatic heterocycles. The molecule has 0 aliphatic carbocycles. The molecule has 0 atom stereocenters. The number of rotatable bonds is 2. The molecule has 6 heteroatoms. The molecular formula is C7H10F3NO2. The third-order valence-corrected chi connectivity index (χ3v) is 2.07. The normalized spacial score (nSPS) is 19.9. The van der Waals surface area contributed by atoms with Gasteiger partial charge in [0.2, 0.25) is 0 Å². The highest BCUT2D eigenvalue weighted by Gasteiger charge is 2.48. The van der Waals surface area contributed by atoms with Crippen LogP contribution in [0, 0.1) is 0 Å². The molecule has 0 saturated carbocycles. The fourth-order valence-electron chi connectivity index (χ4n) is 1.35. The van der Waals surface area contributed by atoms with Crippen LogP contribution in [-0.4, -0.2) is 30.0 Å². The van der Waals surface area contributed by atoms with Crippen LogP contribution in [0.4, 0.5) is 13.3 Å². The molecule has 1 fully saturated rings. The molecule has 0 aromatic rings. The van der Waals surface area contributed by atoms with E-state index in [4.69, 9.17) is 0 Å². The quantitative estimate of drug-likeness (QED) is 0.628. The number of piperidine rings is 1. The Morgan fingerprint density at radius 2 is 1.77 bits per heavy atom. The Balaban J connectivity index is 2.60. The highest BCUT2D eigenvalue weighted by molar-refractivity contribution is 5.76. The van der Waals surface area contributed by atoms with Gasteiger partial charge in [-0.15, -0.1) is 0 Å². The first kappa shape index (κ1) is 10.3. The zero-order valence-electron chi connectivity index (χ0n) is 6.93. The summed E-state index contributed by atoms with van der Waals surface area (Å²) >= 11 is 0. The lowest BCUT2D eigenvalue weighted by molar-refractivity contribution is -0.238. The van der Waals surface area contributed by atoms with Crippen molar-refractivity contribution in [2.45, 2.75) is 25.3 Å². The number of nitrogens with zero attached hydrogens (tertiary/aromatic N) is 1. The second-order valence-corrected chi connectivity index (χ2v) is 2.95. The minimum absolute atomic E-state index is 0.0993. The van der Waals surface area contributed by atoms with Crippen LogP contribution < -0.4 is 0 Å². The van der Waals surface area contributed by atoms with Crippen molar-refractivity contribution in [3.05, 3.63) is 0 Å². The molecule has 1 heterocycles. The zero-order valence-corrected chi connectivity index (χ0v) is 6.93. The van der Waals surface area contributed by atoms with Crippen LogP contribution in [0.5, 0.6) is 0 Å². The molecule has 0 amide bonds. The summed E-state index contributed by atoms with van der Waals surface area (Å²) in [7, 11) is 0. The van der Waals surface area contributed by atoms with Gasteiger partial charge in [0.15, 0.2) is 0 Å². The molecule has 0 N–H and O–H groups in total. The molecule has 0 radical (unpaired) electrons. The SMILES string of the molecule is O=C(OF)C(F)(F)N1CCCCC1. The van der Waals surface area contributed by atoms with E-state index in [9.17, 15) is 18.1 Å². The van der Waals surface area contributed by atoms with Crippen molar-refractivity contribution in [3.8, 4) is 0 Å². The molecule has 1 aliphatic heterocycles. The summed E-state index contributed by atoms with van der Waals surface area (Å²) < 4.78 is 37.1. The van der Waals surface area contributed by atoms with Gasteiger partial charge < -0.3 is 0 Å². The van der Waals surface area contributed by atoms with E-state index in [1.165, 1.54) is 0 Å². The molecular weight excluding hydrogens is 187 g/mol. The Morgan fingerprint density at radius 1 is 1.23 bits per heavy atom. The molecule has 0 aromatic carbocycles. The van der Waals surface area contributed by atoms with Crippen LogP contribution in [0.15, 0.2) is 0 Å². The summed E-state index contributed by atoms with van der Waals surface area (Å²) in [4.78, 5) is 13.5. The average Bonchev–Trinajstić information content (AvgIpc) is 2.18. The van der Waals surface area contributed by atoms with E-state index >= 15 is 0 Å². The third kappa shape index (κ3) is 2.12. The standard InChI is InChI=1S/C7H10F3NO2/c8-7(9,6(12)13-10)11-4-2-1-3-5-11/h1-5H2. The van der Waals surface area contributed by atoms with Gasteiger partial charge in [-0.1, -0.05) is 6.42 Å². The van der Waals surface area contributed by atoms with Crippen molar-refractivity contribution in [1.29, 1.82) is 0 Å². The lowest BCUT2D eigenvalue weighted by Gasteiger charge is -2.30. The summed E-state index contributed by atoms with van der Waals surface area (Å²) in [6.07, 6.45) is 2.04. The van der Waals surface area contributed by atoms with E-state index in [1.807, 2.05) is 0 Å². The molecule has 1 saturated heterocycles. The number of carbonyl (C=O) groups excluding carboxylic acids is 1. The van der Waals surface area contributed by atoms with E-state index < -0.39 is 12.0 Å². The predicted molar refractivity (Wildman–Crippen MR) is 37.6 cm³/mol. The van der Waals surface area contributed by atoms with E-state index in [-0.39, 0.29) is 13.1 Å². The van der Waals surface area contributed by atoms with E-state index in [1.54, 1.807) is 0 Å². The van der Waals surface area contributed by atoms with Gasteiger partial charge in [0.05, 0.1) is 0 Å². The van der Waals surface area contributed by atoms with Gasteiger partial charge in [-0.05, 0) is 12.8 Å². The summed E-state index contributed by atoms with van der Waals surface area (Å²) in [6, 6.07) is -3.82. The predicted octanol–water partition coefficient (Wildman–Crippen LogP) is 1.49. The molecule has 0 spiro atoms. The lowest BCUT2D eigenvalue weighted by Crippen LogP contribution is -2.50. The van der Waals surface area contributed by atoms with Gasteiger partial charge in [-0.2, -0.15) is 8.78 Å². The number of alkyl halides is 2. The van der Waals surface area contributed by atoms with E-state index in [2.05, 4.69) is 4.94 Å². The third-order valence-electron chi connectivity index (χ3n) is 2.07. The maximum absolute atomic E-state index is 12.9. The maximum atomic E-state index is 12.9. The first-order valence-electron chi connectivity index (χ1n) is 4.05. The summed E-state index contributed by atoms with van der Waals surface area (Å²) in [6.45, 7) is 0.199. The first-order chi connectivity index (χ1) is 6.09. The molecule has 13 heavy (non-hydrogen) atoms. The second-order valence-electron chi connectivity index (χ2n) is 2.95. The van der Waals surface area contributed by atoms with Crippen LogP contribution in [0.25, 0.3) is 0 Å². The van der Waals surface area contributed by atoms with Crippen molar-refractivity contribution in [3.63, 3.8) is 0 Å². The molecule has 0 bridgehead atoms. The van der Waals surface area contributed by atoms with Crippen molar-refractivity contribution >= 4 is 5.97 Å². The second kappa shape index (κ2) is 3.95. The smallest absolute Gasteiger partial charge is 0.246 e. The van der Waals surface area contributed by atoms with Gasteiger partial charge in [0.1, 0.15) is 0 Å². The minimum atomic E-state index is -3.82. The fraction of sp³-hybridized carbons (Fsp3) is 0.857. The maximum Gasteiger partial charge on any atom is 0.434 e. The van der Waals surface area contributed by atoms with Crippen molar-refractivity contribution in [2.75, 3.05) is 13.1 Å². The summed E-state index contributed by atoms with van der Waals surface area (Å²) in [5.74, 6) is -2.13. The van der Waals surface area contributed by atoms with E-state index in [0.29, 0.717) is 17.7 Å². The summed E-state index contributed by atoms with van der Waals surface area (Å²) in [5.41, 5.74) is 0. The van der Waals surface area contributed by atoms with Gasteiger partial charge >= 0.3 is 12.0 Å². The van der Waals surface area contributed by atoms with Crippen LogP contribution in [0.1, 0.15) is 19.3 Å². The Bertz CT molecular complexity index is 192. The molecule has 1 aliphatic rings. The molecule has 0 unspecified atom stereocenters. The van der Waals surface area contributed by atoms with Gasteiger partial charge in [-0.3, -0.25) is 0 Å². The van der Waals surface area contributed by atoms with E-state index in [0.717, 1.165) is 6.42 Å². The van der Waals surface area contributed by atoms with Crippen molar-refractivity contribution in [1.82, 2.24) is 4.90 Å². The lowest BCUT2D eigenvalue weighted by atomic mass is 10.1. The molecule has 76 valence electrons. The van der Waals surface area contributed by atoms with Crippen molar-refractivity contribution in [2.24, 2.45) is 0 Å². The first-order valence-corrected chi connectivity index (χ1v) is 4.05. The Hall–Kier alpha value is -0.780. The summed E-state index contributed by atoms with van der Waals surface area (Å²) in [5, 5.41) is 0. The molecule has 1 rings (SSSR count). The van der Waals surface area contributed by atoms with Crippen LogP contribution in [0.2, 0.25) is 0 Å². The monoisotopic (exact) mass is 197 g/mol. The fourth-order valence-corrected chi connectivity index (χ4v) is 1.35. The number of likely N-dealkylation sites (tertiary alicyclic amines) is 1. The van der Waals surface area contributed by atoms with Gasteiger partial charge in [-0.25, -0.2) is 14.6 Å².